The quantitative estimate of drug-likeness (QED) is 0.495. The van der Waals surface area contributed by atoms with E-state index in [-0.39, 0.29) is 0 Å². The van der Waals surface area contributed by atoms with Crippen LogP contribution in [0.2, 0.25) is 0 Å². The third kappa shape index (κ3) is 4.78. The summed E-state index contributed by atoms with van der Waals surface area (Å²) in [7, 11) is 0. The zero-order chi connectivity index (χ0) is 16.1. The molecule has 23 heavy (non-hydrogen) atoms. The first-order valence-electron chi connectivity index (χ1n) is 9.67. The van der Waals surface area contributed by atoms with Gasteiger partial charge in [0.15, 0.2) is 11.6 Å². The van der Waals surface area contributed by atoms with Crippen molar-refractivity contribution in [3.63, 3.8) is 0 Å². The van der Waals surface area contributed by atoms with Gasteiger partial charge in [0.05, 0.1) is 0 Å². The van der Waals surface area contributed by atoms with Crippen molar-refractivity contribution in [2.45, 2.75) is 83.0 Å². The Hall–Kier alpha value is -0.920. The minimum absolute atomic E-state index is 0.430. The molecule has 2 aliphatic carbocycles. The van der Waals surface area contributed by atoms with Gasteiger partial charge in [0, 0.05) is 0 Å². The zero-order valence-corrected chi connectivity index (χ0v) is 14.2. The maximum atomic E-state index is 13.4. The highest BCUT2D eigenvalue weighted by Gasteiger charge is 2.23. The number of unbranched alkanes of at least 4 members (excludes halogenated alkanes) is 1. The predicted octanol–water partition coefficient (Wildman–Crippen LogP) is 6.99. The molecule has 0 unspecified atom stereocenters. The summed E-state index contributed by atoms with van der Waals surface area (Å²) in [5.41, 5.74) is 0.989. The summed E-state index contributed by atoms with van der Waals surface area (Å²) >= 11 is 0. The second kappa shape index (κ2) is 8.26. The van der Waals surface area contributed by atoms with Gasteiger partial charge in [-0.3, -0.25) is 0 Å². The average molecular weight is 320 g/mol. The standard InChI is InChI=1S/C21H30F2/c22-20-14-13-19(15-21(20)23)18-11-9-17(10-12-18)8-4-3-7-16-5-1-2-6-16/h13-18H,1-12H2/t17-,18-. The van der Waals surface area contributed by atoms with Crippen molar-refractivity contribution in [3.8, 4) is 0 Å². The van der Waals surface area contributed by atoms with E-state index in [2.05, 4.69) is 0 Å². The van der Waals surface area contributed by atoms with Crippen molar-refractivity contribution < 1.29 is 8.78 Å². The third-order valence-electron chi connectivity index (χ3n) is 6.21. The Morgan fingerprint density at radius 2 is 1.35 bits per heavy atom. The molecule has 0 amide bonds. The lowest BCUT2D eigenvalue weighted by Gasteiger charge is -2.29. The van der Waals surface area contributed by atoms with Crippen LogP contribution in [0.1, 0.15) is 88.5 Å². The lowest BCUT2D eigenvalue weighted by molar-refractivity contribution is 0.298. The lowest BCUT2D eigenvalue weighted by Crippen LogP contribution is -2.13. The van der Waals surface area contributed by atoms with Gasteiger partial charge in [-0.1, -0.05) is 57.4 Å². The van der Waals surface area contributed by atoms with Crippen molar-refractivity contribution in [1.82, 2.24) is 0 Å². The van der Waals surface area contributed by atoms with E-state index < -0.39 is 11.6 Å². The molecule has 0 aromatic heterocycles. The van der Waals surface area contributed by atoms with E-state index in [0.717, 1.165) is 30.2 Å². The fourth-order valence-corrected chi connectivity index (χ4v) is 4.72. The first-order chi connectivity index (χ1) is 11.2. The van der Waals surface area contributed by atoms with E-state index in [1.165, 1.54) is 76.3 Å². The minimum atomic E-state index is -0.732. The maximum absolute atomic E-state index is 13.4. The van der Waals surface area contributed by atoms with Crippen molar-refractivity contribution in [3.05, 3.63) is 35.4 Å². The van der Waals surface area contributed by atoms with Gasteiger partial charge >= 0.3 is 0 Å². The molecule has 0 heterocycles. The average Bonchev–Trinajstić information content (AvgIpc) is 3.08. The van der Waals surface area contributed by atoms with E-state index in [4.69, 9.17) is 0 Å². The summed E-state index contributed by atoms with van der Waals surface area (Å²) in [5, 5.41) is 0. The summed E-state index contributed by atoms with van der Waals surface area (Å²) in [5.74, 6) is 0.889. The first kappa shape index (κ1) is 16.9. The van der Waals surface area contributed by atoms with Crippen molar-refractivity contribution in [2.24, 2.45) is 11.8 Å². The molecule has 0 aliphatic heterocycles. The van der Waals surface area contributed by atoms with Gasteiger partial charge in [-0.2, -0.15) is 0 Å². The van der Waals surface area contributed by atoms with Crippen LogP contribution in [0.4, 0.5) is 8.78 Å². The number of benzene rings is 1. The van der Waals surface area contributed by atoms with Crippen LogP contribution in [0, 0.1) is 23.5 Å². The number of rotatable bonds is 6. The Bertz CT molecular complexity index is 483. The summed E-state index contributed by atoms with van der Waals surface area (Å²) in [6.45, 7) is 0. The molecule has 128 valence electrons. The Morgan fingerprint density at radius 3 is 1.96 bits per heavy atom. The fraction of sp³-hybridized carbons (Fsp3) is 0.714. The molecule has 0 saturated heterocycles. The Balaban J connectivity index is 1.35. The van der Waals surface area contributed by atoms with Gasteiger partial charge in [0.1, 0.15) is 0 Å². The molecule has 3 rings (SSSR count). The minimum Gasteiger partial charge on any atom is -0.204 e. The van der Waals surface area contributed by atoms with E-state index in [1.807, 2.05) is 0 Å². The maximum Gasteiger partial charge on any atom is 0.159 e. The van der Waals surface area contributed by atoms with Gasteiger partial charge in [-0.25, -0.2) is 8.78 Å². The molecular formula is C21H30F2. The molecule has 2 saturated carbocycles. The SMILES string of the molecule is Fc1ccc([C@H]2CC[C@H](CCCCC3CCCC3)CC2)cc1F. The van der Waals surface area contributed by atoms with Crippen LogP contribution in [-0.4, -0.2) is 0 Å². The highest BCUT2D eigenvalue weighted by atomic mass is 19.2. The molecule has 0 bridgehead atoms. The fourth-order valence-electron chi connectivity index (χ4n) is 4.72. The van der Waals surface area contributed by atoms with Crippen LogP contribution in [0.5, 0.6) is 0 Å². The Labute approximate surface area is 139 Å². The smallest absolute Gasteiger partial charge is 0.159 e. The molecule has 2 aliphatic rings. The normalized spacial score (nSPS) is 25.8. The third-order valence-corrected chi connectivity index (χ3v) is 6.21. The van der Waals surface area contributed by atoms with Gasteiger partial charge in [0.25, 0.3) is 0 Å². The molecule has 0 nitrogen and oxygen atoms in total. The molecule has 1 aromatic rings. The van der Waals surface area contributed by atoms with Crippen LogP contribution >= 0.6 is 0 Å². The molecule has 0 atom stereocenters. The van der Waals surface area contributed by atoms with E-state index in [0.29, 0.717) is 5.92 Å². The van der Waals surface area contributed by atoms with Crippen LogP contribution < -0.4 is 0 Å². The van der Waals surface area contributed by atoms with Gasteiger partial charge in [-0.15, -0.1) is 0 Å². The van der Waals surface area contributed by atoms with Gasteiger partial charge in [-0.05, 0) is 61.1 Å². The number of halogens is 2. The van der Waals surface area contributed by atoms with Gasteiger partial charge in [0.2, 0.25) is 0 Å². The van der Waals surface area contributed by atoms with E-state index in [1.54, 1.807) is 6.07 Å². The molecule has 0 spiro atoms. The second-order valence-electron chi connectivity index (χ2n) is 7.83. The van der Waals surface area contributed by atoms with Gasteiger partial charge < -0.3 is 0 Å². The topological polar surface area (TPSA) is 0 Å². The zero-order valence-electron chi connectivity index (χ0n) is 14.2. The highest BCUT2D eigenvalue weighted by Crippen LogP contribution is 2.38. The van der Waals surface area contributed by atoms with E-state index >= 15 is 0 Å². The summed E-state index contributed by atoms with van der Waals surface area (Å²) in [6, 6.07) is 4.45. The van der Waals surface area contributed by atoms with Crippen LogP contribution in [-0.2, 0) is 0 Å². The monoisotopic (exact) mass is 320 g/mol. The Kier molecular flexibility index (Phi) is 6.08. The van der Waals surface area contributed by atoms with Crippen molar-refractivity contribution in [2.75, 3.05) is 0 Å². The Morgan fingerprint density at radius 1 is 0.739 bits per heavy atom. The number of hydrogen-bond donors (Lipinski definition) is 0. The lowest BCUT2D eigenvalue weighted by atomic mass is 9.77. The summed E-state index contributed by atoms with van der Waals surface area (Å²) in [6.07, 6.45) is 16.3. The molecule has 2 fully saturated rings. The van der Waals surface area contributed by atoms with Crippen molar-refractivity contribution >= 4 is 0 Å². The molecule has 2 heteroatoms. The molecule has 1 aromatic carbocycles. The molecule has 0 radical (unpaired) electrons. The molecular weight excluding hydrogens is 290 g/mol. The van der Waals surface area contributed by atoms with Crippen LogP contribution in [0.25, 0.3) is 0 Å². The first-order valence-corrected chi connectivity index (χ1v) is 9.67. The largest absolute Gasteiger partial charge is 0.204 e. The number of hydrogen-bond acceptors (Lipinski definition) is 0. The second-order valence-corrected chi connectivity index (χ2v) is 7.83. The van der Waals surface area contributed by atoms with Crippen molar-refractivity contribution in [1.29, 1.82) is 0 Å². The highest BCUT2D eigenvalue weighted by molar-refractivity contribution is 5.22. The molecule has 0 N–H and O–H groups in total. The summed E-state index contributed by atoms with van der Waals surface area (Å²) < 4.78 is 26.4. The van der Waals surface area contributed by atoms with E-state index in [9.17, 15) is 8.78 Å². The van der Waals surface area contributed by atoms with Crippen LogP contribution in [0.15, 0.2) is 18.2 Å². The summed E-state index contributed by atoms with van der Waals surface area (Å²) in [4.78, 5) is 0. The predicted molar refractivity (Wildman–Crippen MR) is 91.5 cm³/mol. The van der Waals surface area contributed by atoms with Crippen LogP contribution in [0.3, 0.4) is 0 Å².